The zero-order chi connectivity index (χ0) is 24.4. The van der Waals surface area contributed by atoms with Crippen molar-refractivity contribution in [3.8, 4) is 6.07 Å². The lowest BCUT2D eigenvalue weighted by atomic mass is 9.43. The molecule has 0 saturated heterocycles. The van der Waals surface area contributed by atoms with Crippen LogP contribution in [-0.4, -0.2) is 31.2 Å². The van der Waals surface area contributed by atoms with Gasteiger partial charge < -0.3 is 10.2 Å². The summed E-state index contributed by atoms with van der Waals surface area (Å²) in [6.45, 7) is 9.68. The van der Waals surface area contributed by atoms with Crippen molar-refractivity contribution in [2.24, 2.45) is 40.4 Å². The Labute approximate surface area is 205 Å². The van der Waals surface area contributed by atoms with Gasteiger partial charge in [-0.05, 0) is 112 Å². The van der Waals surface area contributed by atoms with Crippen molar-refractivity contribution >= 4 is 0 Å². The number of nitrogens with zero attached hydrogens (tertiary/aromatic N) is 3. The normalized spacial score (nSPS) is 45.5. The van der Waals surface area contributed by atoms with Crippen molar-refractivity contribution in [1.29, 1.82) is 5.26 Å². The first-order chi connectivity index (χ1) is 16.0. The van der Waals surface area contributed by atoms with Crippen molar-refractivity contribution in [3.63, 3.8) is 0 Å². The molecule has 188 valence electrons. The van der Waals surface area contributed by atoms with Crippen LogP contribution in [0.5, 0.6) is 0 Å². The minimum atomic E-state index is -0.836. The number of aromatic nitrogens is 2. The van der Waals surface area contributed by atoms with E-state index in [1.807, 2.05) is 6.92 Å². The molecule has 9 atom stereocenters. The number of aliphatic hydroxyl groups is 2. The summed E-state index contributed by atoms with van der Waals surface area (Å²) in [4.78, 5) is 0. The van der Waals surface area contributed by atoms with Crippen LogP contribution in [0.25, 0.3) is 0 Å². The van der Waals surface area contributed by atoms with Gasteiger partial charge in [0.05, 0.1) is 29.5 Å². The maximum absolute atomic E-state index is 11.7. The van der Waals surface area contributed by atoms with Crippen molar-refractivity contribution < 1.29 is 10.2 Å². The smallest absolute Gasteiger partial charge is 0.102 e. The van der Waals surface area contributed by atoms with Crippen molar-refractivity contribution in [2.45, 2.75) is 116 Å². The van der Waals surface area contributed by atoms with Gasteiger partial charge in [0.15, 0.2) is 0 Å². The fourth-order valence-corrected chi connectivity index (χ4v) is 9.98. The molecule has 0 radical (unpaired) electrons. The summed E-state index contributed by atoms with van der Waals surface area (Å²) in [7, 11) is 0. The molecule has 1 unspecified atom stereocenters. The van der Waals surface area contributed by atoms with E-state index in [2.05, 4.69) is 31.9 Å². The second-order valence-corrected chi connectivity index (χ2v) is 13.4. The third kappa shape index (κ3) is 3.75. The third-order valence-electron chi connectivity index (χ3n) is 11.5. The number of rotatable bonds is 5. The SMILES string of the molecule is CCC[C@@]1(O)CC[C@@]2(C)[C@H](CC[C@H]3C4CC[C@H]([C@](C)(O)Cn5cc(C#N)cn5)[C@@]4(C)CC[C@@H]32)C1. The van der Waals surface area contributed by atoms with E-state index in [9.17, 15) is 10.2 Å². The van der Waals surface area contributed by atoms with Gasteiger partial charge in [0.25, 0.3) is 0 Å². The van der Waals surface area contributed by atoms with E-state index in [1.165, 1.54) is 38.5 Å². The number of hydrogen-bond acceptors (Lipinski definition) is 4. The van der Waals surface area contributed by atoms with E-state index in [1.54, 1.807) is 17.1 Å². The Kier molecular flexibility index (Phi) is 5.97. The topological polar surface area (TPSA) is 82.1 Å². The highest BCUT2D eigenvalue weighted by Crippen LogP contribution is 2.69. The third-order valence-corrected chi connectivity index (χ3v) is 11.5. The molecule has 4 fully saturated rings. The fourth-order valence-electron chi connectivity index (χ4n) is 9.98. The van der Waals surface area contributed by atoms with Gasteiger partial charge in [-0.25, -0.2) is 0 Å². The first-order valence-electron chi connectivity index (χ1n) is 13.9. The summed E-state index contributed by atoms with van der Waals surface area (Å²) in [5, 5.41) is 36.4. The molecule has 0 aliphatic heterocycles. The second-order valence-electron chi connectivity index (χ2n) is 13.4. The van der Waals surface area contributed by atoms with Crippen LogP contribution in [-0.2, 0) is 6.54 Å². The molecule has 1 aromatic heterocycles. The Balaban J connectivity index is 1.34. The summed E-state index contributed by atoms with van der Waals surface area (Å²) in [5.41, 5.74) is -0.179. The van der Waals surface area contributed by atoms with Crippen LogP contribution in [0, 0.1) is 51.8 Å². The lowest BCUT2D eigenvalue weighted by molar-refractivity contribution is -0.163. The van der Waals surface area contributed by atoms with Crippen molar-refractivity contribution in [1.82, 2.24) is 9.78 Å². The fraction of sp³-hybridized carbons (Fsp3) is 0.862. The Bertz CT molecular complexity index is 949. The first kappa shape index (κ1) is 24.3. The van der Waals surface area contributed by atoms with Gasteiger partial charge in [-0.3, -0.25) is 4.68 Å². The molecule has 4 aliphatic rings. The highest BCUT2D eigenvalue weighted by atomic mass is 16.3. The summed E-state index contributed by atoms with van der Waals surface area (Å²) in [5.74, 6) is 3.13. The van der Waals surface area contributed by atoms with Crippen LogP contribution in [0.3, 0.4) is 0 Å². The number of fused-ring (bicyclic) bond motifs is 5. The monoisotopic (exact) mass is 467 g/mol. The van der Waals surface area contributed by atoms with E-state index in [0.717, 1.165) is 43.9 Å². The van der Waals surface area contributed by atoms with Crippen LogP contribution in [0.15, 0.2) is 12.4 Å². The molecule has 0 aromatic carbocycles. The highest BCUT2D eigenvalue weighted by Gasteiger charge is 2.63. The highest BCUT2D eigenvalue weighted by molar-refractivity contribution is 5.22. The maximum atomic E-state index is 11.7. The zero-order valence-corrected chi connectivity index (χ0v) is 21.8. The molecular formula is C29H45N3O2. The summed E-state index contributed by atoms with van der Waals surface area (Å²) in [6, 6.07) is 2.14. The lowest BCUT2D eigenvalue weighted by Gasteiger charge is -2.62. The van der Waals surface area contributed by atoms with E-state index in [4.69, 9.17) is 5.26 Å². The molecule has 0 bridgehead atoms. The Morgan fingerprint density at radius 3 is 2.59 bits per heavy atom. The Morgan fingerprint density at radius 1 is 1.12 bits per heavy atom. The van der Waals surface area contributed by atoms with Gasteiger partial charge in [-0.2, -0.15) is 10.4 Å². The molecule has 1 aromatic rings. The van der Waals surface area contributed by atoms with Crippen molar-refractivity contribution in [3.05, 3.63) is 18.0 Å². The number of nitriles is 1. The minimum Gasteiger partial charge on any atom is -0.390 e. The van der Waals surface area contributed by atoms with E-state index in [-0.39, 0.29) is 11.3 Å². The largest absolute Gasteiger partial charge is 0.390 e. The molecule has 0 amide bonds. The first-order valence-corrected chi connectivity index (χ1v) is 13.9. The van der Waals surface area contributed by atoms with Gasteiger partial charge in [-0.15, -0.1) is 0 Å². The molecule has 1 heterocycles. The van der Waals surface area contributed by atoms with Gasteiger partial charge in [0.1, 0.15) is 6.07 Å². The molecule has 34 heavy (non-hydrogen) atoms. The Hall–Kier alpha value is -1.38. The van der Waals surface area contributed by atoms with Crippen LogP contribution < -0.4 is 0 Å². The maximum Gasteiger partial charge on any atom is 0.102 e. The predicted octanol–water partition coefficient (Wildman–Crippen LogP) is 5.70. The Morgan fingerprint density at radius 2 is 1.88 bits per heavy atom. The predicted molar refractivity (Wildman–Crippen MR) is 133 cm³/mol. The summed E-state index contributed by atoms with van der Waals surface area (Å²) < 4.78 is 1.76. The van der Waals surface area contributed by atoms with Crippen LogP contribution in [0.1, 0.15) is 104 Å². The molecule has 4 saturated carbocycles. The lowest BCUT2D eigenvalue weighted by Crippen LogP contribution is -2.57. The molecule has 5 nitrogen and oxygen atoms in total. The molecule has 2 N–H and O–H groups in total. The molecule has 5 heteroatoms. The average Bonchev–Trinajstić information content (AvgIpc) is 3.38. The molecule has 4 aliphatic carbocycles. The summed E-state index contributed by atoms with van der Waals surface area (Å²) in [6.07, 6.45) is 15.9. The number of hydrogen-bond donors (Lipinski definition) is 2. The standard InChI is InChI=1S/C29H45N3O2/c1-5-11-29(34)14-13-26(2)21(15-29)6-7-22-23-8-9-25(27(23,3)12-10-24(22)26)28(4,33)19-32-18-20(16-30)17-31-32/h17-18,21-25,33-34H,5-15,19H2,1-4H3/t21-,22+,23?,24+,25+,26+,27+,28-,29-/m1/s1. The van der Waals surface area contributed by atoms with Gasteiger partial charge >= 0.3 is 0 Å². The van der Waals surface area contributed by atoms with Gasteiger partial charge in [0, 0.05) is 6.20 Å². The molecule has 5 rings (SSSR count). The average molecular weight is 468 g/mol. The summed E-state index contributed by atoms with van der Waals surface area (Å²) >= 11 is 0. The van der Waals surface area contributed by atoms with Crippen LogP contribution in [0.2, 0.25) is 0 Å². The van der Waals surface area contributed by atoms with Gasteiger partial charge in [0.2, 0.25) is 0 Å². The van der Waals surface area contributed by atoms with Crippen LogP contribution >= 0.6 is 0 Å². The minimum absolute atomic E-state index is 0.163. The second kappa shape index (κ2) is 8.34. The van der Waals surface area contributed by atoms with Crippen LogP contribution in [0.4, 0.5) is 0 Å². The quantitative estimate of drug-likeness (QED) is 0.582. The van der Waals surface area contributed by atoms with E-state index < -0.39 is 11.2 Å². The van der Waals surface area contributed by atoms with E-state index in [0.29, 0.717) is 29.4 Å². The van der Waals surface area contributed by atoms with Crippen molar-refractivity contribution in [2.75, 3.05) is 0 Å². The molecular weight excluding hydrogens is 422 g/mol. The van der Waals surface area contributed by atoms with E-state index >= 15 is 0 Å². The van der Waals surface area contributed by atoms with Gasteiger partial charge in [-0.1, -0.05) is 27.2 Å². The molecule has 0 spiro atoms. The zero-order valence-electron chi connectivity index (χ0n) is 21.8.